The van der Waals surface area contributed by atoms with E-state index in [4.69, 9.17) is 15.5 Å². The van der Waals surface area contributed by atoms with E-state index in [1.165, 1.54) is 0 Å². The van der Waals surface area contributed by atoms with Gasteiger partial charge in [0.2, 0.25) is 0 Å². The van der Waals surface area contributed by atoms with E-state index < -0.39 is 0 Å². The molecule has 0 radical (unpaired) electrons. The molecule has 188 valence electrons. The predicted octanol–water partition coefficient (Wildman–Crippen LogP) is 5.15. The summed E-state index contributed by atoms with van der Waals surface area (Å²) in [5, 5.41) is 0. The van der Waals surface area contributed by atoms with Crippen LogP contribution in [-0.4, -0.2) is 34.5 Å². The monoisotopic (exact) mass is 484 g/mol. The summed E-state index contributed by atoms with van der Waals surface area (Å²) in [6.07, 6.45) is 13.4. The molecule has 0 saturated carbocycles. The highest BCUT2D eigenvalue weighted by atomic mass is 16.5. The van der Waals surface area contributed by atoms with Crippen molar-refractivity contribution < 1.29 is 4.74 Å². The van der Waals surface area contributed by atoms with Gasteiger partial charge in [0.05, 0.1) is 18.8 Å². The van der Waals surface area contributed by atoms with Crippen LogP contribution in [0.5, 0.6) is 5.75 Å². The topological polar surface area (TPSA) is 72.9 Å². The van der Waals surface area contributed by atoms with Crippen molar-refractivity contribution in [2.24, 2.45) is 11.7 Å². The van der Waals surface area contributed by atoms with Gasteiger partial charge in [-0.05, 0) is 80.1 Å². The van der Waals surface area contributed by atoms with E-state index in [0.717, 1.165) is 54.1 Å². The van der Waals surface area contributed by atoms with Gasteiger partial charge in [-0.2, -0.15) is 0 Å². The summed E-state index contributed by atoms with van der Waals surface area (Å²) in [6, 6.07) is 13.5. The Morgan fingerprint density at radius 1 is 1.25 bits per heavy atom. The average molecular weight is 485 g/mol. The van der Waals surface area contributed by atoms with Gasteiger partial charge in [0.15, 0.2) is 0 Å². The van der Waals surface area contributed by atoms with Crippen molar-refractivity contribution in [2.75, 3.05) is 20.2 Å². The van der Waals surface area contributed by atoms with Crippen LogP contribution in [0.4, 0.5) is 0 Å². The minimum atomic E-state index is -0.109. The van der Waals surface area contributed by atoms with Gasteiger partial charge in [-0.3, -0.25) is 9.20 Å². The quantitative estimate of drug-likeness (QED) is 0.407. The number of aromatic nitrogens is 2. The normalized spacial score (nSPS) is 15.7. The van der Waals surface area contributed by atoms with Crippen LogP contribution in [0.15, 0.2) is 84.3 Å². The van der Waals surface area contributed by atoms with Crippen LogP contribution in [0.1, 0.15) is 49.0 Å². The first-order chi connectivity index (χ1) is 17.6. The summed E-state index contributed by atoms with van der Waals surface area (Å²) in [5.74, 6) is 1.07. The van der Waals surface area contributed by atoms with Crippen molar-refractivity contribution in [3.63, 3.8) is 0 Å². The van der Waals surface area contributed by atoms with Gasteiger partial charge in [0, 0.05) is 24.0 Å². The van der Waals surface area contributed by atoms with E-state index in [-0.39, 0.29) is 17.5 Å². The Morgan fingerprint density at radius 2 is 2.06 bits per heavy atom. The highest BCUT2D eigenvalue weighted by molar-refractivity contribution is 5.63. The minimum absolute atomic E-state index is 0.00541. The van der Waals surface area contributed by atoms with Crippen molar-refractivity contribution >= 4 is 11.3 Å². The molecule has 0 saturated heterocycles. The molecule has 2 heterocycles. The number of nitrogens with two attached hydrogens (primary N) is 1. The van der Waals surface area contributed by atoms with E-state index >= 15 is 0 Å². The van der Waals surface area contributed by atoms with Crippen molar-refractivity contribution in [3.05, 3.63) is 107 Å². The molecule has 6 heteroatoms. The lowest BCUT2D eigenvalue weighted by Crippen LogP contribution is -2.33. The number of benzene rings is 1. The van der Waals surface area contributed by atoms with Crippen LogP contribution in [0.3, 0.4) is 0 Å². The summed E-state index contributed by atoms with van der Waals surface area (Å²) < 4.78 is 7.00. The summed E-state index contributed by atoms with van der Waals surface area (Å²) in [4.78, 5) is 21.2. The van der Waals surface area contributed by atoms with Gasteiger partial charge in [-0.15, -0.1) is 0 Å². The summed E-state index contributed by atoms with van der Waals surface area (Å²) in [7, 11) is 1.66. The molecule has 0 fully saturated rings. The lowest BCUT2D eigenvalue weighted by atomic mass is 9.90. The molecule has 1 aliphatic carbocycles. The summed E-state index contributed by atoms with van der Waals surface area (Å²) in [5.41, 5.74) is 10.1. The number of hydrogen-bond donors (Lipinski definition) is 1. The standard InChI is InChI=1S/C30H36N4O2/c1-4-27(33(20-10-18-31)22(2)24-14-16-25(36-3)17-15-24)29-26(21-23-11-6-5-7-12-23)30(35)34-19-9-8-13-28(34)32-29/h5-9,11,13-17,19,23,27H,2,4,10,12,18,20-21,31H2,1,3H3. The number of hydrogen-bond acceptors (Lipinski definition) is 5. The molecule has 2 N–H and O–H groups in total. The molecule has 2 aromatic heterocycles. The molecule has 1 aromatic carbocycles. The highest BCUT2D eigenvalue weighted by Crippen LogP contribution is 2.33. The Balaban J connectivity index is 1.81. The maximum atomic E-state index is 13.8. The van der Waals surface area contributed by atoms with Crippen LogP contribution >= 0.6 is 0 Å². The van der Waals surface area contributed by atoms with E-state index in [2.05, 4.69) is 42.7 Å². The van der Waals surface area contributed by atoms with E-state index in [1.807, 2.05) is 42.5 Å². The number of nitrogens with zero attached hydrogens (tertiary/aromatic N) is 3. The molecule has 0 bridgehead atoms. The van der Waals surface area contributed by atoms with Crippen LogP contribution in [0.25, 0.3) is 11.3 Å². The van der Waals surface area contributed by atoms with Gasteiger partial charge in [0.25, 0.3) is 5.56 Å². The zero-order chi connectivity index (χ0) is 25.5. The van der Waals surface area contributed by atoms with Crippen LogP contribution in [-0.2, 0) is 6.42 Å². The van der Waals surface area contributed by atoms with Crippen LogP contribution < -0.4 is 16.0 Å². The van der Waals surface area contributed by atoms with Gasteiger partial charge in [-0.25, -0.2) is 4.98 Å². The molecule has 2 unspecified atom stereocenters. The maximum Gasteiger partial charge on any atom is 0.261 e. The third-order valence-electron chi connectivity index (χ3n) is 6.85. The fourth-order valence-corrected chi connectivity index (χ4v) is 4.91. The fourth-order valence-electron chi connectivity index (χ4n) is 4.91. The van der Waals surface area contributed by atoms with Crippen molar-refractivity contribution in [1.82, 2.24) is 14.3 Å². The first-order valence-electron chi connectivity index (χ1n) is 12.7. The molecule has 2 atom stereocenters. The molecule has 3 aromatic rings. The molecule has 36 heavy (non-hydrogen) atoms. The average Bonchev–Trinajstić information content (AvgIpc) is 2.93. The summed E-state index contributed by atoms with van der Waals surface area (Å²) in [6.45, 7) is 7.91. The second-order valence-electron chi connectivity index (χ2n) is 9.16. The third kappa shape index (κ3) is 5.44. The van der Waals surface area contributed by atoms with Crippen molar-refractivity contribution in [2.45, 2.75) is 38.6 Å². The number of rotatable bonds is 11. The largest absolute Gasteiger partial charge is 0.497 e. The minimum Gasteiger partial charge on any atom is -0.497 e. The Morgan fingerprint density at radius 3 is 2.72 bits per heavy atom. The van der Waals surface area contributed by atoms with Gasteiger partial charge in [-0.1, -0.05) is 43.9 Å². The second-order valence-corrected chi connectivity index (χ2v) is 9.16. The SMILES string of the molecule is C=C(c1ccc(OC)cc1)N(CCCN)C(CC)c1nc2ccccn2c(=O)c1CC1C=CC=CC1. The molecule has 4 rings (SSSR count). The molecule has 6 nitrogen and oxygen atoms in total. The third-order valence-corrected chi connectivity index (χ3v) is 6.85. The Hall–Kier alpha value is -3.64. The van der Waals surface area contributed by atoms with E-state index in [9.17, 15) is 4.79 Å². The molecule has 0 spiro atoms. The van der Waals surface area contributed by atoms with Crippen LogP contribution in [0, 0.1) is 5.92 Å². The number of pyridine rings is 1. The Labute approximate surface area is 213 Å². The lowest BCUT2D eigenvalue weighted by molar-refractivity contribution is 0.281. The van der Waals surface area contributed by atoms with Gasteiger partial charge < -0.3 is 15.4 Å². The Bertz CT molecular complexity index is 1310. The number of methoxy groups -OCH3 is 1. The lowest BCUT2D eigenvalue weighted by Gasteiger charge is -2.35. The number of allylic oxidation sites excluding steroid dienone is 4. The van der Waals surface area contributed by atoms with Crippen LogP contribution in [0.2, 0.25) is 0 Å². The van der Waals surface area contributed by atoms with E-state index in [0.29, 0.717) is 18.6 Å². The molecular weight excluding hydrogens is 448 g/mol. The molecular formula is C30H36N4O2. The summed E-state index contributed by atoms with van der Waals surface area (Å²) >= 11 is 0. The predicted molar refractivity (Wildman–Crippen MR) is 147 cm³/mol. The second kappa shape index (κ2) is 11.9. The maximum absolute atomic E-state index is 13.8. The van der Waals surface area contributed by atoms with Gasteiger partial charge >= 0.3 is 0 Å². The number of ether oxygens (including phenoxy) is 1. The Kier molecular flexibility index (Phi) is 8.39. The molecule has 0 amide bonds. The van der Waals surface area contributed by atoms with Crippen molar-refractivity contribution in [3.8, 4) is 5.75 Å². The zero-order valence-corrected chi connectivity index (χ0v) is 21.3. The smallest absolute Gasteiger partial charge is 0.261 e. The first-order valence-corrected chi connectivity index (χ1v) is 12.7. The van der Waals surface area contributed by atoms with Crippen molar-refractivity contribution in [1.29, 1.82) is 0 Å². The zero-order valence-electron chi connectivity index (χ0n) is 21.3. The van der Waals surface area contributed by atoms with E-state index in [1.54, 1.807) is 17.7 Å². The first kappa shape index (κ1) is 25.5. The molecule has 0 aliphatic heterocycles. The number of fused-ring (bicyclic) bond motifs is 1. The van der Waals surface area contributed by atoms with Gasteiger partial charge in [0.1, 0.15) is 11.4 Å². The fraction of sp³-hybridized carbons (Fsp3) is 0.333. The molecule has 1 aliphatic rings. The highest BCUT2D eigenvalue weighted by Gasteiger charge is 2.28.